The minimum absolute atomic E-state index is 0.669. The minimum Gasteiger partial charge on any atom is -0.493 e. The number of benzene rings is 2. The van der Waals surface area contributed by atoms with E-state index < -0.39 is 0 Å². The van der Waals surface area contributed by atoms with E-state index in [0.717, 1.165) is 41.7 Å². The minimum atomic E-state index is 0.669. The zero-order valence-electron chi connectivity index (χ0n) is 19.9. The Labute approximate surface area is 195 Å². The summed E-state index contributed by atoms with van der Waals surface area (Å²) < 4.78 is 12.4. The topological polar surface area (TPSA) is 18.5 Å². The van der Waals surface area contributed by atoms with Crippen LogP contribution in [-0.4, -0.2) is 13.2 Å². The number of halogens is 1. The third kappa shape index (κ3) is 9.73. The monoisotopic (exact) mass is 446 g/mol. The van der Waals surface area contributed by atoms with E-state index in [9.17, 15) is 0 Å². The molecule has 2 aromatic rings. The molecule has 174 valence electrons. The van der Waals surface area contributed by atoms with Crippen LogP contribution in [0.3, 0.4) is 0 Å². The summed E-state index contributed by atoms with van der Waals surface area (Å²) in [7, 11) is 0. The molecule has 2 nitrogen and oxygen atoms in total. The van der Waals surface area contributed by atoms with E-state index in [4.69, 9.17) is 21.1 Å². The fraction of sp³-hybridized carbons (Fsp3) is 0.643. The molecule has 0 aliphatic carbocycles. The van der Waals surface area contributed by atoms with E-state index in [1.165, 1.54) is 77.0 Å². The van der Waals surface area contributed by atoms with Gasteiger partial charge in [-0.15, -0.1) is 0 Å². The van der Waals surface area contributed by atoms with Crippen LogP contribution in [0.25, 0.3) is 10.8 Å². The third-order valence-corrected chi connectivity index (χ3v) is 6.21. The highest BCUT2D eigenvalue weighted by Crippen LogP contribution is 2.39. The van der Waals surface area contributed by atoms with Gasteiger partial charge < -0.3 is 9.47 Å². The molecule has 0 unspecified atom stereocenters. The molecular formula is C28H43ClO2. The molecule has 0 N–H and O–H groups in total. The van der Waals surface area contributed by atoms with Gasteiger partial charge in [0.25, 0.3) is 0 Å². The van der Waals surface area contributed by atoms with Gasteiger partial charge in [-0.3, -0.25) is 0 Å². The molecule has 0 fully saturated rings. The average molecular weight is 447 g/mol. The highest BCUT2D eigenvalue weighted by atomic mass is 35.5. The van der Waals surface area contributed by atoms with Gasteiger partial charge in [0.2, 0.25) is 0 Å². The second-order valence-electron chi connectivity index (χ2n) is 8.67. The maximum Gasteiger partial charge on any atom is 0.149 e. The second kappa shape index (κ2) is 16.3. The van der Waals surface area contributed by atoms with Gasteiger partial charge >= 0.3 is 0 Å². The lowest BCUT2D eigenvalue weighted by Gasteiger charge is -2.15. The first kappa shape index (κ1) is 25.8. The Bertz CT molecular complexity index is 728. The number of unbranched alkanes of at least 4 members (excludes halogenated alkanes) is 12. The fourth-order valence-electron chi connectivity index (χ4n) is 4.02. The van der Waals surface area contributed by atoms with Crippen LogP contribution in [0, 0.1) is 0 Å². The van der Waals surface area contributed by atoms with Gasteiger partial charge in [0, 0.05) is 0 Å². The highest BCUT2D eigenvalue weighted by Gasteiger charge is 2.13. The predicted octanol–water partition coefficient (Wildman–Crippen LogP) is 9.75. The summed E-state index contributed by atoms with van der Waals surface area (Å²) in [5.74, 6) is 1.67. The lowest BCUT2D eigenvalue weighted by Crippen LogP contribution is -2.02. The van der Waals surface area contributed by atoms with E-state index in [1.807, 2.05) is 12.1 Å². The largest absolute Gasteiger partial charge is 0.493 e. The maximum absolute atomic E-state index is 6.54. The van der Waals surface area contributed by atoms with Crippen LogP contribution in [-0.2, 0) is 0 Å². The van der Waals surface area contributed by atoms with Crippen LogP contribution in [0.1, 0.15) is 104 Å². The van der Waals surface area contributed by atoms with Gasteiger partial charge in [-0.25, -0.2) is 0 Å². The Kier molecular flexibility index (Phi) is 13.6. The average Bonchev–Trinajstić information content (AvgIpc) is 2.78. The van der Waals surface area contributed by atoms with Crippen LogP contribution in [0.4, 0.5) is 0 Å². The van der Waals surface area contributed by atoms with E-state index in [1.54, 1.807) is 0 Å². The molecule has 0 atom stereocenters. The van der Waals surface area contributed by atoms with Crippen LogP contribution in [0.5, 0.6) is 11.5 Å². The summed E-state index contributed by atoms with van der Waals surface area (Å²) in [6, 6.07) is 10.2. The first-order chi connectivity index (χ1) is 15.3. The fourth-order valence-corrected chi connectivity index (χ4v) is 4.24. The van der Waals surface area contributed by atoms with Crippen LogP contribution < -0.4 is 9.47 Å². The summed E-state index contributed by atoms with van der Waals surface area (Å²) in [6.45, 7) is 5.97. The molecule has 0 heterocycles. The molecule has 2 aromatic carbocycles. The van der Waals surface area contributed by atoms with Gasteiger partial charge in [-0.2, -0.15) is 0 Å². The Hall–Kier alpha value is -1.41. The van der Waals surface area contributed by atoms with E-state index in [2.05, 4.69) is 32.0 Å². The summed E-state index contributed by atoms with van der Waals surface area (Å²) in [6.07, 6.45) is 17.9. The quantitative estimate of drug-likeness (QED) is 0.212. The van der Waals surface area contributed by atoms with Crippen molar-refractivity contribution in [3.63, 3.8) is 0 Å². The molecule has 0 saturated carbocycles. The molecule has 3 heteroatoms. The molecule has 0 radical (unpaired) electrons. The van der Waals surface area contributed by atoms with Crippen molar-refractivity contribution in [1.82, 2.24) is 0 Å². The summed E-state index contributed by atoms with van der Waals surface area (Å²) in [5.41, 5.74) is 0. The van der Waals surface area contributed by atoms with Gasteiger partial charge in [0.1, 0.15) is 11.5 Å². The zero-order valence-corrected chi connectivity index (χ0v) is 20.7. The molecule has 0 saturated heterocycles. The molecule has 0 aromatic heterocycles. The Morgan fingerprint density at radius 2 is 1.16 bits per heavy atom. The molecule has 0 aliphatic rings. The van der Waals surface area contributed by atoms with Gasteiger partial charge in [-0.05, 0) is 30.4 Å². The van der Waals surface area contributed by atoms with Crippen LogP contribution in [0.2, 0.25) is 5.02 Å². The molecule has 0 spiro atoms. The van der Waals surface area contributed by atoms with Gasteiger partial charge in [-0.1, -0.05) is 121 Å². The molecule has 0 amide bonds. The zero-order chi connectivity index (χ0) is 22.2. The van der Waals surface area contributed by atoms with Gasteiger partial charge in [0.15, 0.2) is 0 Å². The highest BCUT2D eigenvalue weighted by molar-refractivity contribution is 6.33. The van der Waals surface area contributed by atoms with Crippen molar-refractivity contribution in [2.45, 2.75) is 104 Å². The molecular weight excluding hydrogens is 404 g/mol. The standard InChI is InChI=1S/C28H43ClO2/c1-3-5-7-9-11-13-15-22-30-26-19-17-18-24-20-21-25(29)28(27(24)26)31-23-16-14-12-10-8-6-4-2/h17-21H,3-16,22-23H2,1-2H3. The molecule has 0 aliphatic heterocycles. The van der Waals surface area contributed by atoms with Gasteiger partial charge in [0.05, 0.1) is 23.6 Å². The predicted molar refractivity (Wildman–Crippen MR) is 136 cm³/mol. The number of ether oxygens (including phenoxy) is 2. The van der Waals surface area contributed by atoms with Crippen molar-refractivity contribution in [1.29, 1.82) is 0 Å². The summed E-state index contributed by atoms with van der Waals surface area (Å²) in [4.78, 5) is 0. The number of hydrogen-bond donors (Lipinski definition) is 0. The van der Waals surface area contributed by atoms with Crippen molar-refractivity contribution < 1.29 is 9.47 Å². The Morgan fingerprint density at radius 3 is 1.77 bits per heavy atom. The first-order valence-corrected chi connectivity index (χ1v) is 13.1. The lowest BCUT2D eigenvalue weighted by molar-refractivity contribution is 0.297. The van der Waals surface area contributed by atoms with Crippen molar-refractivity contribution in [2.75, 3.05) is 13.2 Å². The van der Waals surface area contributed by atoms with Crippen molar-refractivity contribution >= 4 is 22.4 Å². The molecule has 0 bridgehead atoms. The van der Waals surface area contributed by atoms with Crippen molar-refractivity contribution in [3.8, 4) is 11.5 Å². The second-order valence-corrected chi connectivity index (χ2v) is 9.08. The maximum atomic E-state index is 6.54. The molecule has 2 rings (SSSR count). The van der Waals surface area contributed by atoms with E-state index >= 15 is 0 Å². The smallest absolute Gasteiger partial charge is 0.149 e. The summed E-state index contributed by atoms with van der Waals surface area (Å²) >= 11 is 6.54. The normalized spacial score (nSPS) is 11.2. The number of fused-ring (bicyclic) bond motifs is 1. The number of hydrogen-bond acceptors (Lipinski definition) is 2. The lowest BCUT2D eigenvalue weighted by atomic mass is 10.1. The third-order valence-electron chi connectivity index (χ3n) is 5.91. The first-order valence-electron chi connectivity index (χ1n) is 12.7. The Morgan fingerprint density at radius 1 is 0.613 bits per heavy atom. The van der Waals surface area contributed by atoms with Crippen molar-refractivity contribution in [2.24, 2.45) is 0 Å². The van der Waals surface area contributed by atoms with Crippen LogP contribution in [0.15, 0.2) is 30.3 Å². The molecule has 31 heavy (non-hydrogen) atoms. The number of rotatable bonds is 18. The summed E-state index contributed by atoms with van der Waals surface area (Å²) in [5, 5.41) is 2.80. The van der Waals surface area contributed by atoms with Crippen LogP contribution >= 0.6 is 11.6 Å². The Balaban J connectivity index is 1.85. The van der Waals surface area contributed by atoms with Crippen molar-refractivity contribution in [3.05, 3.63) is 35.4 Å². The van der Waals surface area contributed by atoms with E-state index in [0.29, 0.717) is 11.6 Å². The van der Waals surface area contributed by atoms with E-state index in [-0.39, 0.29) is 0 Å². The SMILES string of the molecule is CCCCCCCCCOc1cccc2ccc(Cl)c(OCCCCCCCCC)c12.